The highest BCUT2D eigenvalue weighted by Gasteiger charge is 2.06. The van der Waals surface area contributed by atoms with E-state index in [0.29, 0.717) is 0 Å². The summed E-state index contributed by atoms with van der Waals surface area (Å²) in [7, 11) is 2.06. The van der Waals surface area contributed by atoms with Gasteiger partial charge in [-0.3, -0.25) is 4.79 Å². The van der Waals surface area contributed by atoms with Gasteiger partial charge in [0.05, 0.1) is 0 Å². The van der Waals surface area contributed by atoms with E-state index in [4.69, 9.17) is 5.11 Å². The highest BCUT2D eigenvalue weighted by molar-refractivity contribution is 5.66. The van der Waals surface area contributed by atoms with Crippen LogP contribution in [0.1, 0.15) is 35.1 Å². The van der Waals surface area contributed by atoms with Gasteiger partial charge in [0, 0.05) is 13.0 Å². The number of rotatable bonds is 7. The first-order valence-corrected chi connectivity index (χ1v) is 6.87. The van der Waals surface area contributed by atoms with Crippen molar-refractivity contribution in [2.24, 2.45) is 0 Å². The minimum Gasteiger partial charge on any atom is -0.481 e. The van der Waals surface area contributed by atoms with Crippen LogP contribution in [0.4, 0.5) is 0 Å². The van der Waals surface area contributed by atoms with E-state index in [1.807, 2.05) is 0 Å². The van der Waals surface area contributed by atoms with Crippen LogP contribution in [0.25, 0.3) is 0 Å². The molecule has 0 unspecified atom stereocenters. The van der Waals surface area contributed by atoms with Crippen LogP contribution in [0.15, 0.2) is 12.1 Å². The van der Waals surface area contributed by atoms with Gasteiger partial charge in [0.15, 0.2) is 0 Å². The molecule has 0 aromatic heterocycles. The molecule has 0 spiro atoms. The van der Waals surface area contributed by atoms with Crippen molar-refractivity contribution in [3.63, 3.8) is 0 Å². The highest BCUT2D eigenvalue weighted by atomic mass is 16.4. The summed E-state index contributed by atoms with van der Waals surface area (Å²) in [6.45, 7) is 8.28. The summed E-state index contributed by atoms with van der Waals surface area (Å²) in [6, 6.07) is 4.46. The second-order valence-corrected chi connectivity index (χ2v) is 5.43. The summed E-state index contributed by atoms with van der Waals surface area (Å²) in [4.78, 5) is 12.7. The third-order valence-electron chi connectivity index (χ3n) is 3.51. The minimum absolute atomic E-state index is 0.257. The highest BCUT2D eigenvalue weighted by Crippen LogP contribution is 2.17. The Balaban J connectivity index is 2.46. The van der Waals surface area contributed by atoms with Crippen LogP contribution in [0.2, 0.25) is 0 Å². The van der Waals surface area contributed by atoms with E-state index in [1.54, 1.807) is 0 Å². The van der Waals surface area contributed by atoms with E-state index < -0.39 is 5.97 Å². The fraction of sp³-hybridized carbons (Fsp3) is 0.562. The number of carboxylic acid groups (broad SMARTS) is 1. The third kappa shape index (κ3) is 5.43. The van der Waals surface area contributed by atoms with Crippen molar-refractivity contribution in [3.05, 3.63) is 34.4 Å². The first kappa shape index (κ1) is 15.7. The summed E-state index contributed by atoms with van der Waals surface area (Å²) in [6.07, 6.45) is 2.01. The van der Waals surface area contributed by atoms with E-state index in [2.05, 4.69) is 44.9 Å². The normalized spacial score (nSPS) is 11.0. The zero-order valence-corrected chi connectivity index (χ0v) is 12.5. The van der Waals surface area contributed by atoms with Crippen LogP contribution in [-0.2, 0) is 11.2 Å². The fourth-order valence-corrected chi connectivity index (χ4v) is 2.52. The molecule has 106 valence electrons. The molecule has 0 aliphatic heterocycles. The second kappa shape index (κ2) is 7.29. The minimum atomic E-state index is -0.710. The lowest BCUT2D eigenvalue weighted by atomic mass is 9.97. The van der Waals surface area contributed by atoms with Gasteiger partial charge in [0.2, 0.25) is 0 Å². The van der Waals surface area contributed by atoms with Crippen molar-refractivity contribution in [2.75, 3.05) is 20.1 Å². The van der Waals surface area contributed by atoms with Crippen molar-refractivity contribution < 1.29 is 9.90 Å². The van der Waals surface area contributed by atoms with Gasteiger partial charge >= 0.3 is 5.97 Å². The van der Waals surface area contributed by atoms with E-state index in [1.165, 1.54) is 22.3 Å². The number of hydrogen-bond acceptors (Lipinski definition) is 2. The van der Waals surface area contributed by atoms with Crippen LogP contribution in [0.5, 0.6) is 0 Å². The average molecular weight is 263 g/mol. The standard InChI is InChI=1S/C16H25NO2/c1-12-10-13(2)15(14(3)11-12)7-9-17(4)8-5-6-16(18)19/h10-11H,5-9H2,1-4H3,(H,18,19). The summed E-state index contributed by atoms with van der Waals surface area (Å²) in [5.41, 5.74) is 5.46. The maximum absolute atomic E-state index is 10.5. The van der Waals surface area contributed by atoms with Crippen LogP contribution >= 0.6 is 0 Å². The van der Waals surface area contributed by atoms with Crippen LogP contribution in [0, 0.1) is 20.8 Å². The lowest BCUT2D eigenvalue weighted by Gasteiger charge is -2.18. The Labute approximate surface area is 116 Å². The van der Waals surface area contributed by atoms with Gasteiger partial charge in [0.25, 0.3) is 0 Å². The quantitative estimate of drug-likeness (QED) is 0.822. The van der Waals surface area contributed by atoms with E-state index in [9.17, 15) is 4.79 Å². The molecule has 0 aliphatic rings. The lowest BCUT2D eigenvalue weighted by Crippen LogP contribution is -2.23. The molecule has 19 heavy (non-hydrogen) atoms. The Morgan fingerprint density at radius 1 is 1.16 bits per heavy atom. The molecule has 0 aliphatic carbocycles. The molecule has 1 rings (SSSR count). The lowest BCUT2D eigenvalue weighted by molar-refractivity contribution is -0.137. The Morgan fingerprint density at radius 2 is 1.74 bits per heavy atom. The zero-order chi connectivity index (χ0) is 14.4. The maximum Gasteiger partial charge on any atom is 0.303 e. The van der Waals surface area contributed by atoms with E-state index in [0.717, 1.165) is 25.9 Å². The monoisotopic (exact) mass is 263 g/mol. The maximum atomic E-state index is 10.5. The van der Waals surface area contributed by atoms with Gasteiger partial charge in [-0.25, -0.2) is 0 Å². The molecular weight excluding hydrogens is 238 g/mol. The number of carboxylic acids is 1. The van der Waals surface area contributed by atoms with Gasteiger partial charge in [-0.05, 0) is 63.9 Å². The molecule has 0 fully saturated rings. The van der Waals surface area contributed by atoms with Gasteiger partial charge < -0.3 is 10.0 Å². The molecule has 0 atom stereocenters. The number of hydrogen-bond donors (Lipinski definition) is 1. The molecule has 3 nitrogen and oxygen atoms in total. The first-order chi connectivity index (χ1) is 8.90. The SMILES string of the molecule is Cc1cc(C)c(CCN(C)CCCC(=O)O)c(C)c1. The van der Waals surface area contributed by atoms with E-state index >= 15 is 0 Å². The van der Waals surface area contributed by atoms with Crippen LogP contribution < -0.4 is 0 Å². The average Bonchev–Trinajstić information content (AvgIpc) is 2.26. The molecule has 0 saturated carbocycles. The smallest absolute Gasteiger partial charge is 0.303 e. The van der Waals surface area contributed by atoms with Crippen molar-refractivity contribution in [1.29, 1.82) is 0 Å². The fourth-order valence-electron chi connectivity index (χ4n) is 2.52. The molecule has 3 heteroatoms. The predicted octanol–water partition coefficient (Wildman–Crippen LogP) is 2.95. The Kier molecular flexibility index (Phi) is 6.03. The Morgan fingerprint density at radius 3 is 2.26 bits per heavy atom. The Hall–Kier alpha value is -1.35. The second-order valence-electron chi connectivity index (χ2n) is 5.43. The predicted molar refractivity (Wildman–Crippen MR) is 78.7 cm³/mol. The number of nitrogens with zero attached hydrogens (tertiary/aromatic N) is 1. The number of aryl methyl sites for hydroxylation is 3. The molecule has 0 heterocycles. The Bertz CT molecular complexity index is 417. The largest absolute Gasteiger partial charge is 0.481 e. The molecule has 0 amide bonds. The van der Waals surface area contributed by atoms with Gasteiger partial charge in [-0.2, -0.15) is 0 Å². The van der Waals surface area contributed by atoms with Gasteiger partial charge in [0.1, 0.15) is 0 Å². The molecule has 0 saturated heterocycles. The molecule has 0 radical (unpaired) electrons. The summed E-state index contributed by atoms with van der Waals surface area (Å²) < 4.78 is 0. The summed E-state index contributed by atoms with van der Waals surface area (Å²) in [5.74, 6) is -0.710. The summed E-state index contributed by atoms with van der Waals surface area (Å²) >= 11 is 0. The van der Waals surface area contributed by atoms with E-state index in [-0.39, 0.29) is 6.42 Å². The number of likely N-dealkylation sites (N-methyl/N-ethyl adjacent to an activating group) is 1. The van der Waals surface area contributed by atoms with Crippen molar-refractivity contribution >= 4 is 5.97 Å². The molecule has 1 N–H and O–H groups in total. The number of carbonyl (C=O) groups is 1. The number of aliphatic carboxylic acids is 1. The van der Waals surface area contributed by atoms with Crippen molar-refractivity contribution in [2.45, 2.75) is 40.0 Å². The zero-order valence-electron chi connectivity index (χ0n) is 12.5. The van der Waals surface area contributed by atoms with Crippen LogP contribution in [0.3, 0.4) is 0 Å². The van der Waals surface area contributed by atoms with Crippen molar-refractivity contribution in [1.82, 2.24) is 4.90 Å². The van der Waals surface area contributed by atoms with Crippen molar-refractivity contribution in [3.8, 4) is 0 Å². The van der Waals surface area contributed by atoms with Crippen LogP contribution in [-0.4, -0.2) is 36.1 Å². The van der Waals surface area contributed by atoms with Gasteiger partial charge in [-0.1, -0.05) is 17.7 Å². The molecule has 1 aromatic rings. The van der Waals surface area contributed by atoms with Gasteiger partial charge in [-0.15, -0.1) is 0 Å². The summed E-state index contributed by atoms with van der Waals surface area (Å²) in [5, 5.41) is 8.61. The molecular formula is C16H25NO2. The first-order valence-electron chi connectivity index (χ1n) is 6.87. The molecule has 0 bridgehead atoms. The molecule has 1 aromatic carbocycles. The number of benzene rings is 1. The third-order valence-corrected chi connectivity index (χ3v) is 3.51. The topological polar surface area (TPSA) is 40.5 Å².